The lowest BCUT2D eigenvalue weighted by atomic mass is 9.89. The molecule has 2 heterocycles. The smallest absolute Gasteiger partial charge is 0.135 e. The van der Waals surface area contributed by atoms with Crippen LogP contribution >= 0.6 is 11.3 Å². The fourth-order valence-corrected chi connectivity index (χ4v) is 6.83. The minimum Gasteiger partial charge on any atom is -0.456 e. The topological polar surface area (TPSA) is 9.23 Å². The van der Waals surface area contributed by atoms with Crippen LogP contribution in [-0.4, -0.2) is 0 Å². The van der Waals surface area contributed by atoms with Crippen molar-refractivity contribution < 1.29 is 4.74 Å². The summed E-state index contributed by atoms with van der Waals surface area (Å²) in [5.41, 5.74) is 7.35. The molecule has 0 N–H and O–H groups in total. The van der Waals surface area contributed by atoms with Gasteiger partial charge in [-0.05, 0) is 63.5 Å². The molecule has 1 aliphatic heterocycles. The number of para-hydroxylation sites is 1. The third-order valence-electron chi connectivity index (χ3n) is 7.29. The molecule has 0 fully saturated rings. The molecular weight excluding hydrogens is 456 g/mol. The van der Waals surface area contributed by atoms with E-state index < -0.39 is 0 Å². The number of ether oxygens (including phenoxy) is 1. The third kappa shape index (κ3) is 2.82. The SMILES string of the molecule is c1cc(-c2ccc3c4c(cccc24)-c2ccccc2O3)cc(-c2cccc3sc4ccccc4c23)c1. The first kappa shape index (κ1) is 19.9. The van der Waals surface area contributed by atoms with Crippen LogP contribution in [0.15, 0.2) is 121 Å². The highest BCUT2D eigenvalue weighted by molar-refractivity contribution is 7.25. The van der Waals surface area contributed by atoms with Gasteiger partial charge < -0.3 is 4.74 Å². The minimum absolute atomic E-state index is 0.920. The molecule has 8 rings (SSSR count). The van der Waals surface area contributed by atoms with Crippen LogP contribution in [0.4, 0.5) is 0 Å². The standard InChI is InChI=1S/C34H20OS/c1-3-15-29-25(10-1)27-14-6-13-26-23(18-19-30(35-29)33(26)27)21-8-5-9-22(20-21)24-12-7-17-32-34(24)28-11-2-4-16-31(28)36-32/h1-20H. The van der Waals surface area contributed by atoms with Crippen molar-refractivity contribution in [2.24, 2.45) is 0 Å². The first-order valence-electron chi connectivity index (χ1n) is 12.2. The molecule has 168 valence electrons. The number of hydrogen-bond acceptors (Lipinski definition) is 2. The van der Waals surface area contributed by atoms with Crippen molar-refractivity contribution in [3.63, 3.8) is 0 Å². The van der Waals surface area contributed by atoms with E-state index in [1.165, 1.54) is 58.8 Å². The van der Waals surface area contributed by atoms with E-state index in [0.717, 1.165) is 17.1 Å². The Kier molecular flexibility index (Phi) is 4.16. The van der Waals surface area contributed by atoms with Crippen LogP contribution in [-0.2, 0) is 0 Å². The third-order valence-corrected chi connectivity index (χ3v) is 8.42. The van der Waals surface area contributed by atoms with Gasteiger partial charge in [-0.1, -0.05) is 91.0 Å². The molecule has 0 spiro atoms. The van der Waals surface area contributed by atoms with Crippen molar-refractivity contribution in [2.75, 3.05) is 0 Å². The Labute approximate surface area is 212 Å². The highest BCUT2D eigenvalue weighted by Crippen LogP contribution is 2.48. The summed E-state index contributed by atoms with van der Waals surface area (Å²) in [5, 5.41) is 5.08. The molecule has 0 aliphatic carbocycles. The molecule has 1 aromatic heterocycles. The summed E-state index contributed by atoms with van der Waals surface area (Å²) in [5.74, 6) is 1.84. The number of rotatable bonds is 2. The van der Waals surface area contributed by atoms with E-state index in [9.17, 15) is 0 Å². The largest absolute Gasteiger partial charge is 0.456 e. The van der Waals surface area contributed by atoms with Gasteiger partial charge >= 0.3 is 0 Å². The maximum atomic E-state index is 6.31. The van der Waals surface area contributed by atoms with Gasteiger partial charge in [0, 0.05) is 31.1 Å². The predicted molar refractivity (Wildman–Crippen MR) is 153 cm³/mol. The Morgan fingerprint density at radius 1 is 0.417 bits per heavy atom. The van der Waals surface area contributed by atoms with Gasteiger partial charge in [-0.2, -0.15) is 0 Å². The molecule has 0 unspecified atom stereocenters. The van der Waals surface area contributed by atoms with E-state index in [4.69, 9.17) is 4.74 Å². The van der Waals surface area contributed by atoms with Gasteiger partial charge in [0.2, 0.25) is 0 Å². The zero-order valence-corrected chi connectivity index (χ0v) is 20.2. The highest BCUT2D eigenvalue weighted by atomic mass is 32.1. The Hall–Kier alpha value is -4.40. The normalized spacial score (nSPS) is 12.1. The van der Waals surface area contributed by atoms with E-state index in [1.807, 2.05) is 23.5 Å². The molecule has 36 heavy (non-hydrogen) atoms. The molecule has 0 saturated carbocycles. The molecular formula is C34H20OS. The molecule has 0 bridgehead atoms. The molecule has 0 atom stereocenters. The molecule has 0 saturated heterocycles. The lowest BCUT2D eigenvalue weighted by Crippen LogP contribution is -1.97. The lowest BCUT2D eigenvalue weighted by Gasteiger charge is -2.22. The van der Waals surface area contributed by atoms with Crippen LogP contribution in [0.1, 0.15) is 0 Å². The zero-order chi connectivity index (χ0) is 23.6. The Balaban J connectivity index is 1.35. The predicted octanol–water partition coefficient (Wildman–Crippen LogP) is 10.3. The van der Waals surface area contributed by atoms with Crippen LogP contribution < -0.4 is 4.74 Å². The molecule has 2 heteroatoms. The van der Waals surface area contributed by atoms with Gasteiger partial charge in [0.15, 0.2) is 0 Å². The van der Waals surface area contributed by atoms with Crippen LogP contribution in [0, 0.1) is 0 Å². The maximum Gasteiger partial charge on any atom is 0.135 e. The summed E-state index contributed by atoms with van der Waals surface area (Å²) in [6, 6.07) is 43.6. The fraction of sp³-hybridized carbons (Fsp3) is 0. The van der Waals surface area contributed by atoms with Gasteiger partial charge in [-0.3, -0.25) is 0 Å². The van der Waals surface area contributed by atoms with Gasteiger partial charge in [0.05, 0.1) is 0 Å². The van der Waals surface area contributed by atoms with Gasteiger partial charge in [-0.25, -0.2) is 0 Å². The van der Waals surface area contributed by atoms with Crippen molar-refractivity contribution in [3.8, 4) is 44.9 Å². The molecule has 1 nitrogen and oxygen atoms in total. The maximum absolute atomic E-state index is 6.31. The van der Waals surface area contributed by atoms with E-state index >= 15 is 0 Å². The quantitative estimate of drug-likeness (QED) is 0.241. The van der Waals surface area contributed by atoms with Gasteiger partial charge in [-0.15, -0.1) is 11.3 Å². The van der Waals surface area contributed by atoms with Crippen LogP contribution in [0.3, 0.4) is 0 Å². The Morgan fingerprint density at radius 2 is 1.11 bits per heavy atom. The van der Waals surface area contributed by atoms with Crippen LogP contribution in [0.5, 0.6) is 11.5 Å². The molecule has 0 amide bonds. The van der Waals surface area contributed by atoms with Crippen LogP contribution in [0.2, 0.25) is 0 Å². The van der Waals surface area contributed by atoms with E-state index in [1.54, 1.807) is 0 Å². The summed E-state index contributed by atoms with van der Waals surface area (Å²) >= 11 is 1.87. The second-order valence-corrected chi connectivity index (χ2v) is 10.4. The van der Waals surface area contributed by atoms with Gasteiger partial charge in [0.1, 0.15) is 11.5 Å². The minimum atomic E-state index is 0.920. The highest BCUT2D eigenvalue weighted by Gasteiger charge is 2.21. The average molecular weight is 477 g/mol. The Morgan fingerprint density at radius 3 is 2.08 bits per heavy atom. The summed E-state index contributed by atoms with van der Waals surface area (Å²) in [6.07, 6.45) is 0. The zero-order valence-electron chi connectivity index (χ0n) is 19.4. The van der Waals surface area contributed by atoms with Crippen molar-refractivity contribution >= 4 is 42.3 Å². The number of benzene rings is 6. The second kappa shape index (κ2) is 7.55. The number of thiophene rings is 1. The number of fused-ring (bicyclic) bond motifs is 5. The molecule has 1 aliphatic rings. The van der Waals surface area contributed by atoms with Gasteiger partial charge in [0.25, 0.3) is 0 Å². The summed E-state index contributed by atoms with van der Waals surface area (Å²) in [6.45, 7) is 0. The Bertz CT molecular complexity index is 1980. The second-order valence-electron chi connectivity index (χ2n) is 9.30. The lowest BCUT2D eigenvalue weighted by molar-refractivity contribution is 0.487. The van der Waals surface area contributed by atoms with E-state index in [0.29, 0.717) is 0 Å². The van der Waals surface area contributed by atoms with E-state index in [-0.39, 0.29) is 0 Å². The monoisotopic (exact) mass is 476 g/mol. The summed E-state index contributed by atoms with van der Waals surface area (Å²) in [4.78, 5) is 0. The average Bonchev–Trinajstić information content (AvgIpc) is 3.32. The van der Waals surface area contributed by atoms with Crippen molar-refractivity contribution in [1.82, 2.24) is 0 Å². The first-order valence-corrected chi connectivity index (χ1v) is 13.0. The molecule has 0 radical (unpaired) electrons. The summed E-state index contributed by atoms with van der Waals surface area (Å²) in [7, 11) is 0. The van der Waals surface area contributed by atoms with E-state index in [2.05, 4.69) is 109 Å². The van der Waals surface area contributed by atoms with Crippen molar-refractivity contribution in [2.45, 2.75) is 0 Å². The molecule has 7 aromatic rings. The number of hydrogen-bond donors (Lipinski definition) is 0. The van der Waals surface area contributed by atoms with Crippen LogP contribution in [0.25, 0.3) is 64.3 Å². The van der Waals surface area contributed by atoms with Crippen molar-refractivity contribution in [1.29, 1.82) is 0 Å². The summed E-state index contributed by atoms with van der Waals surface area (Å²) < 4.78 is 8.98. The van der Waals surface area contributed by atoms with Crippen molar-refractivity contribution in [3.05, 3.63) is 121 Å². The first-order chi connectivity index (χ1) is 17.8. The molecule has 6 aromatic carbocycles. The fourth-order valence-electron chi connectivity index (χ4n) is 5.70.